The Kier molecular flexibility index (Phi) is 2.55. The van der Waals surface area contributed by atoms with Crippen molar-refractivity contribution in [3.63, 3.8) is 0 Å². The van der Waals surface area contributed by atoms with E-state index in [0.29, 0.717) is 31.1 Å². The molecule has 0 fully saturated rings. The molecule has 2 rings (SSSR count). The van der Waals surface area contributed by atoms with Crippen LogP contribution < -0.4 is 14.4 Å². The predicted molar refractivity (Wildman–Crippen MR) is 66.1 cm³/mol. The number of hydrogen-bond donors (Lipinski definition) is 0. The first-order chi connectivity index (χ1) is 9.06. The van der Waals surface area contributed by atoms with Crippen molar-refractivity contribution in [3.8, 4) is 11.5 Å². The molecular formula is C13H17NO3. The highest BCUT2D eigenvalue weighted by Gasteiger charge is 2.31. The van der Waals surface area contributed by atoms with Gasteiger partial charge in [-0.2, -0.15) is 0 Å². The molecule has 1 aromatic carbocycles. The van der Waals surface area contributed by atoms with Crippen LogP contribution in [-0.4, -0.2) is 25.7 Å². The largest absolute Gasteiger partial charge is 0.489 e. The second kappa shape index (κ2) is 4.65. The molecule has 2 bridgehead atoms. The normalized spacial score (nSPS) is 14.2. The van der Waals surface area contributed by atoms with Gasteiger partial charge in [-0.25, -0.2) is 4.79 Å². The van der Waals surface area contributed by atoms with E-state index in [1.54, 1.807) is 6.92 Å². The van der Waals surface area contributed by atoms with Crippen LogP contribution >= 0.6 is 0 Å². The van der Waals surface area contributed by atoms with Crippen molar-refractivity contribution in [3.05, 3.63) is 17.6 Å². The fraction of sp³-hybridized carbons (Fsp3) is 0.462. The molecular weight excluding hydrogens is 218 g/mol. The third kappa shape index (κ3) is 1.84. The van der Waals surface area contributed by atoms with E-state index in [-0.39, 0.29) is 23.4 Å². The van der Waals surface area contributed by atoms with Gasteiger partial charge in [0.1, 0.15) is 5.56 Å². The third-order valence-corrected chi connectivity index (χ3v) is 2.72. The lowest BCUT2D eigenvalue weighted by atomic mass is 10.2. The highest BCUT2D eigenvalue weighted by Crippen LogP contribution is 2.45. The molecule has 4 heteroatoms. The summed E-state index contributed by atoms with van der Waals surface area (Å²) in [7, 11) is 0. The van der Waals surface area contributed by atoms with Gasteiger partial charge in [0.25, 0.3) is 0 Å². The van der Waals surface area contributed by atoms with Gasteiger partial charge in [0.2, 0.25) is 0 Å². The number of nitrogens with zero attached hydrogens (tertiary/aromatic N) is 1. The maximum Gasteiger partial charge on any atom is 0.347 e. The second-order valence-corrected chi connectivity index (χ2v) is 3.63. The van der Waals surface area contributed by atoms with Gasteiger partial charge in [0.15, 0.2) is 11.5 Å². The fourth-order valence-corrected chi connectivity index (χ4v) is 1.88. The molecule has 1 aromatic rings. The molecule has 0 unspecified atom stereocenters. The fourth-order valence-electron chi connectivity index (χ4n) is 1.88. The number of esters is 1. The van der Waals surface area contributed by atoms with E-state index < -0.39 is 5.97 Å². The van der Waals surface area contributed by atoms with Crippen molar-refractivity contribution in [1.82, 2.24) is 0 Å². The number of fused-ring (bicyclic) bond motifs is 2. The number of carbonyl (C=O) groups is 1. The summed E-state index contributed by atoms with van der Waals surface area (Å²) in [4.78, 5) is 13.7. The van der Waals surface area contributed by atoms with Crippen molar-refractivity contribution in [2.45, 2.75) is 20.8 Å². The molecule has 0 amide bonds. The molecule has 0 radical (unpaired) electrons. The molecule has 1 heterocycles. The minimum Gasteiger partial charge on any atom is -0.489 e. The zero-order valence-electron chi connectivity index (χ0n) is 12.3. The van der Waals surface area contributed by atoms with Gasteiger partial charge in [0.05, 0.1) is 15.0 Å². The Morgan fingerprint density at radius 1 is 1.35 bits per heavy atom. The minimum atomic E-state index is -0.602. The van der Waals surface area contributed by atoms with Gasteiger partial charge in [-0.15, -0.1) is 0 Å². The molecule has 0 saturated carbocycles. The summed E-state index contributed by atoms with van der Waals surface area (Å²) in [6, 6.07) is -0.111. The van der Waals surface area contributed by atoms with Crippen molar-refractivity contribution in [2.24, 2.45) is 0 Å². The van der Waals surface area contributed by atoms with Crippen molar-refractivity contribution in [1.29, 1.82) is 0 Å². The summed E-state index contributed by atoms with van der Waals surface area (Å²) < 4.78 is 26.7. The van der Waals surface area contributed by atoms with Gasteiger partial charge in [0, 0.05) is 13.1 Å². The smallest absolute Gasteiger partial charge is 0.347 e. The van der Waals surface area contributed by atoms with Crippen LogP contribution in [0.3, 0.4) is 0 Å². The van der Waals surface area contributed by atoms with Crippen LogP contribution in [0.4, 0.5) is 5.69 Å². The molecule has 0 spiro atoms. The van der Waals surface area contributed by atoms with Crippen molar-refractivity contribution < 1.29 is 17.0 Å². The van der Waals surface area contributed by atoms with Crippen LogP contribution in [0.15, 0.2) is 12.1 Å². The molecule has 92 valence electrons. The summed E-state index contributed by atoms with van der Waals surface area (Å²) in [5, 5.41) is 0. The number of hydrogen-bond acceptors (Lipinski definition) is 4. The molecule has 0 aromatic heterocycles. The zero-order valence-corrected chi connectivity index (χ0v) is 10.3. The summed E-state index contributed by atoms with van der Waals surface area (Å²) >= 11 is 0. The molecule has 0 N–H and O–H groups in total. The van der Waals surface area contributed by atoms with Crippen LogP contribution in [0, 0.1) is 0 Å². The Labute approximate surface area is 104 Å². The molecule has 0 saturated heterocycles. The van der Waals surface area contributed by atoms with Gasteiger partial charge >= 0.3 is 5.97 Å². The summed E-state index contributed by atoms with van der Waals surface area (Å²) in [5.74, 6) is -0.0164. The lowest BCUT2D eigenvalue weighted by Gasteiger charge is -2.22. The summed E-state index contributed by atoms with van der Waals surface area (Å²) in [5.41, 5.74) is 0.533. The third-order valence-electron chi connectivity index (χ3n) is 2.72. The maximum absolute atomic E-state index is 11.8. The highest BCUT2D eigenvalue weighted by molar-refractivity contribution is 6.02. The molecule has 4 nitrogen and oxygen atoms in total. The number of rotatable bonds is 5. The van der Waals surface area contributed by atoms with E-state index in [1.165, 1.54) is 0 Å². The Morgan fingerprint density at radius 2 is 2.06 bits per heavy atom. The van der Waals surface area contributed by atoms with Gasteiger partial charge in [-0.3, -0.25) is 0 Å². The first-order valence-electron chi connectivity index (χ1n) is 6.83. The van der Waals surface area contributed by atoms with E-state index >= 15 is 0 Å². The van der Waals surface area contributed by atoms with E-state index in [9.17, 15) is 4.79 Å². The lowest BCUT2D eigenvalue weighted by Crippen LogP contribution is -2.22. The Hall–Kier alpha value is -1.71. The predicted octanol–water partition coefficient (Wildman–Crippen LogP) is 2.46. The maximum atomic E-state index is 11.8. The SMILES string of the molecule is [2H]c1c([2H])c(N(CC)CC)c2c(OCC)c1C(=O)O2. The minimum absolute atomic E-state index is 0.0167. The van der Waals surface area contributed by atoms with Gasteiger partial charge in [-0.1, -0.05) is 0 Å². The topological polar surface area (TPSA) is 38.8 Å². The van der Waals surface area contributed by atoms with Gasteiger partial charge < -0.3 is 14.4 Å². The van der Waals surface area contributed by atoms with Gasteiger partial charge in [-0.05, 0) is 32.9 Å². The molecule has 17 heavy (non-hydrogen) atoms. The van der Waals surface area contributed by atoms with E-state index in [0.717, 1.165) is 0 Å². The highest BCUT2D eigenvalue weighted by atomic mass is 16.6. The zero-order chi connectivity index (χ0) is 14.2. The second-order valence-electron chi connectivity index (χ2n) is 3.63. The Morgan fingerprint density at radius 3 is 2.65 bits per heavy atom. The first-order valence-corrected chi connectivity index (χ1v) is 5.83. The monoisotopic (exact) mass is 237 g/mol. The van der Waals surface area contributed by atoms with Crippen LogP contribution in [0.5, 0.6) is 11.5 Å². The molecule has 0 atom stereocenters. The quantitative estimate of drug-likeness (QED) is 0.737. The van der Waals surface area contributed by atoms with E-state index in [4.69, 9.17) is 12.2 Å². The van der Waals surface area contributed by atoms with Crippen LogP contribution in [-0.2, 0) is 0 Å². The van der Waals surface area contributed by atoms with Crippen LogP contribution in [0.25, 0.3) is 0 Å². The van der Waals surface area contributed by atoms with E-state index in [2.05, 4.69) is 0 Å². The standard InChI is InChI=1S/C13H17NO3/c1-4-14(5-2)10-8-7-9-11(16-6-3)12(10)17-13(9)15/h7-8H,4-6H2,1-3H3/i7D,8D. The average Bonchev–Trinajstić information content (AvgIpc) is 2.66. The Bertz CT molecular complexity index is 527. The summed E-state index contributed by atoms with van der Waals surface area (Å²) in [6.45, 7) is 7.41. The first kappa shape index (κ1) is 9.33. The van der Waals surface area contributed by atoms with E-state index in [1.807, 2.05) is 18.7 Å². The Balaban J connectivity index is 2.70. The van der Waals surface area contributed by atoms with Crippen LogP contribution in [0.2, 0.25) is 0 Å². The van der Waals surface area contributed by atoms with Crippen LogP contribution in [0.1, 0.15) is 33.9 Å². The average molecular weight is 237 g/mol. The molecule has 1 aliphatic heterocycles. The number of benzene rings is 1. The number of anilines is 1. The molecule has 1 aliphatic rings. The van der Waals surface area contributed by atoms with Crippen molar-refractivity contribution >= 4 is 11.7 Å². The number of carbonyl (C=O) groups excluding carboxylic acids is 1. The van der Waals surface area contributed by atoms with Crippen molar-refractivity contribution in [2.75, 3.05) is 24.6 Å². The number of ether oxygens (including phenoxy) is 2. The molecule has 0 aliphatic carbocycles. The summed E-state index contributed by atoms with van der Waals surface area (Å²) in [6.07, 6.45) is 0. The lowest BCUT2D eigenvalue weighted by molar-refractivity contribution is 0.0755.